The van der Waals surface area contributed by atoms with Gasteiger partial charge in [-0.1, -0.05) is 133 Å². The number of fused-ring (bicyclic) bond motifs is 10. The fraction of sp³-hybridized carbons (Fsp3) is 0.0189. The Balaban J connectivity index is 0.950. The first-order valence-corrected chi connectivity index (χ1v) is 19.1. The van der Waals surface area contributed by atoms with Crippen molar-refractivity contribution in [3.05, 3.63) is 205 Å². The van der Waals surface area contributed by atoms with Crippen LogP contribution in [0.25, 0.3) is 99.1 Å². The van der Waals surface area contributed by atoms with Gasteiger partial charge >= 0.3 is 0 Å². The second-order valence-corrected chi connectivity index (χ2v) is 15.0. The highest BCUT2D eigenvalue weighted by Gasteiger charge is 2.19. The van der Waals surface area contributed by atoms with E-state index in [-0.39, 0.29) is 0 Å². The Morgan fingerprint density at radius 3 is 1.73 bits per heavy atom. The molecule has 0 saturated heterocycles. The summed E-state index contributed by atoms with van der Waals surface area (Å²) in [6.07, 6.45) is 1.01. The molecule has 2 heteroatoms. The maximum Gasteiger partial charge on any atom is 0.0547 e. The van der Waals surface area contributed by atoms with Crippen molar-refractivity contribution in [2.45, 2.75) is 6.42 Å². The second-order valence-electron chi connectivity index (χ2n) is 15.0. The zero-order valence-electron chi connectivity index (χ0n) is 30.1. The molecule has 11 aromatic rings. The number of hydrogen-bond acceptors (Lipinski definition) is 0. The second kappa shape index (κ2) is 11.7. The molecule has 0 atom stereocenters. The Morgan fingerprint density at radius 2 is 0.855 bits per heavy atom. The minimum Gasteiger partial charge on any atom is -0.309 e. The van der Waals surface area contributed by atoms with Crippen molar-refractivity contribution < 1.29 is 0 Å². The minimum absolute atomic E-state index is 1.01. The normalized spacial score (nSPS) is 12.3. The van der Waals surface area contributed by atoms with Crippen LogP contribution < -0.4 is 0 Å². The van der Waals surface area contributed by atoms with E-state index in [4.69, 9.17) is 0 Å². The summed E-state index contributed by atoms with van der Waals surface area (Å²) in [4.78, 5) is 0. The van der Waals surface area contributed by atoms with Gasteiger partial charge in [0.2, 0.25) is 0 Å². The summed E-state index contributed by atoms with van der Waals surface area (Å²) in [7, 11) is 0. The zero-order valence-corrected chi connectivity index (χ0v) is 30.1. The first-order chi connectivity index (χ1) is 27.2. The molecule has 256 valence electrons. The van der Waals surface area contributed by atoms with E-state index in [9.17, 15) is 0 Å². The molecule has 9 aromatic carbocycles. The lowest BCUT2D eigenvalue weighted by molar-refractivity contribution is 1.18. The van der Waals surface area contributed by atoms with Crippen molar-refractivity contribution in [1.82, 2.24) is 9.13 Å². The Kier molecular flexibility index (Phi) is 6.43. The molecule has 2 aromatic heterocycles. The number of nitrogens with zero attached hydrogens (tertiary/aromatic N) is 2. The van der Waals surface area contributed by atoms with Crippen LogP contribution in [0.1, 0.15) is 11.1 Å². The van der Waals surface area contributed by atoms with Gasteiger partial charge in [0, 0.05) is 32.9 Å². The van der Waals surface area contributed by atoms with Gasteiger partial charge in [0.05, 0.1) is 22.1 Å². The molecule has 55 heavy (non-hydrogen) atoms. The van der Waals surface area contributed by atoms with Crippen molar-refractivity contribution in [2.24, 2.45) is 0 Å². The molecular weight excluding hydrogens is 665 g/mol. The van der Waals surface area contributed by atoms with Crippen LogP contribution in [0.2, 0.25) is 0 Å². The fourth-order valence-corrected chi connectivity index (χ4v) is 9.31. The largest absolute Gasteiger partial charge is 0.309 e. The molecule has 2 heterocycles. The van der Waals surface area contributed by atoms with Crippen LogP contribution in [0.4, 0.5) is 0 Å². The summed E-state index contributed by atoms with van der Waals surface area (Å²) in [6.45, 7) is 0. The van der Waals surface area contributed by atoms with E-state index in [0.717, 1.165) is 6.42 Å². The summed E-state index contributed by atoms with van der Waals surface area (Å²) >= 11 is 0. The smallest absolute Gasteiger partial charge is 0.0547 e. The molecule has 0 bridgehead atoms. The van der Waals surface area contributed by atoms with Gasteiger partial charge in [0.1, 0.15) is 0 Å². The summed E-state index contributed by atoms with van der Waals surface area (Å²) in [5.74, 6) is 0. The van der Waals surface area contributed by atoms with Crippen LogP contribution in [0.3, 0.4) is 0 Å². The van der Waals surface area contributed by atoms with Crippen LogP contribution in [-0.4, -0.2) is 9.13 Å². The Hall–Kier alpha value is -7.16. The lowest BCUT2D eigenvalue weighted by atomic mass is 9.97. The third-order valence-electron chi connectivity index (χ3n) is 11.9. The molecule has 12 rings (SSSR count). The highest BCUT2D eigenvalue weighted by Crippen LogP contribution is 2.41. The van der Waals surface area contributed by atoms with Crippen LogP contribution >= 0.6 is 0 Å². The molecule has 1 aliphatic carbocycles. The van der Waals surface area contributed by atoms with Crippen LogP contribution in [0.15, 0.2) is 194 Å². The van der Waals surface area contributed by atoms with Crippen LogP contribution in [-0.2, 0) is 6.42 Å². The maximum absolute atomic E-state index is 2.43. The lowest BCUT2D eigenvalue weighted by Crippen LogP contribution is -1.94. The van der Waals surface area contributed by atoms with Gasteiger partial charge in [-0.2, -0.15) is 0 Å². The van der Waals surface area contributed by atoms with E-state index >= 15 is 0 Å². The van der Waals surface area contributed by atoms with Crippen molar-refractivity contribution in [3.8, 4) is 44.8 Å². The highest BCUT2D eigenvalue weighted by molar-refractivity contribution is 6.12. The molecule has 0 aliphatic heterocycles. The number of para-hydroxylation sites is 3. The van der Waals surface area contributed by atoms with Gasteiger partial charge in [-0.3, -0.25) is 0 Å². The van der Waals surface area contributed by atoms with Crippen molar-refractivity contribution in [1.29, 1.82) is 0 Å². The Labute approximate surface area is 318 Å². The van der Waals surface area contributed by atoms with E-state index in [1.54, 1.807) is 0 Å². The predicted molar refractivity (Wildman–Crippen MR) is 232 cm³/mol. The number of rotatable bonds is 4. The van der Waals surface area contributed by atoms with E-state index < -0.39 is 0 Å². The molecule has 0 unspecified atom stereocenters. The molecular formula is C53H34N2. The van der Waals surface area contributed by atoms with Crippen molar-refractivity contribution in [2.75, 3.05) is 0 Å². The third kappa shape index (κ3) is 4.62. The maximum atomic E-state index is 2.43. The first kappa shape index (κ1) is 30.3. The van der Waals surface area contributed by atoms with Gasteiger partial charge in [-0.15, -0.1) is 0 Å². The molecule has 0 radical (unpaired) electrons. The lowest BCUT2D eigenvalue weighted by Gasteiger charge is -2.12. The monoisotopic (exact) mass is 698 g/mol. The van der Waals surface area contributed by atoms with Gasteiger partial charge < -0.3 is 9.13 Å². The average Bonchev–Trinajstić information content (AvgIpc) is 3.90. The van der Waals surface area contributed by atoms with Gasteiger partial charge in [0.25, 0.3) is 0 Å². The molecule has 0 amide bonds. The quantitative estimate of drug-likeness (QED) is 0.173. The Bertz CT molecular complexity index is 3340. The molecule has 2 nitrogen and oxygen atoms in total. The average molecular weight is 699 g/mol. The Morgan fingerprint density at radius 1 is 0.291 bits per heavy atom. The summed E-state index contributed by atoms with van der Waals surface area (Å²) < 4.78 is 4.82. The van der Waals surface area contributed by atoms with E-state index in [1.807, 2.05) is 0 Å². The fourth-order valence-electron chi connectivity index (χ4n) is 9.31. The molecule has 0 N–H and O–H groups in total. The first-order valence-electron chi connectivity index (χ1n) is 19.1. The van der Waals surface area contributed by atoms with Gasteiger partial charge in [-0.25, -0.2) is 0 Å². The molecule has 1 aliphatic rings. The summed E-state index contributed by atoms with van der Waals surface area (Å²) in [6, 6.07) is 71.7. The van der Waals surface area contributed by atoms with Gasteiger partial charge in [-0.05, 0) is 122 Å². The topological polar surface area (TPSA) is 9.86 Å². The molecule has 0 fully saturated rings. The van der Waals surface area contributed by atoms with E-state index in [0.29, 0.717) is 0 Å². The number of benzene rings is 9. The number of hydrogen-bond donors (Lipinski definition) is 0. The van der Waals surface area contributed by atoms with Crippen LogP contribution in [0, 0.1) is 0 Å². The summed E-state index contributed by atoms with van der Waals surface area (Å²) in [5.41, 5.74) is 17.7. The number of aromatic nitrogens is 2. The SMILES string of the molecule is c1ccc(-n2c3ccccc3c3ccc(-c4ccc5c(c4)c4ccccc4n5-c4ccc5cc(-c6ccc7c(c6)Cc6ccccc6-7)ccc5c4)cc32)cc1. The minimum atomic E-state index is 1.01. The van der Waals surface area contributed by atoms with E-state index in [1.165, 1.54) is 110 Å². The van der Waals surface area contributed by atoms with E-state index in [2.05, 4.69) is 203 Å². The van der Waals surface area contributed by atoms with Crippen molar-refractivity contribution in [3.63, 3.8) is 0 Å². The summed E-state index contributed by atoms with van der Waals surface area (Å²) in [5, 5.41) is 7.53. The van der Waals surface area contributed by atoms with Gasteiger partial charge in [0.15, 0.2) is 0 Å². The standard InChI is InChI=1S/C53H34N2/c1-2-11-42(12-3-1)54-50-16-8-6-14-46(50)48-26-22-39(33-53(48)54)38-23-27-52-49(32-38)47-15-7-9-17-51(47)55(52)43-24-20-35-28-34(18-19-37(35)31-43)36-21-25-45-41(29-36)30-40-10-4-5-13-44(40)45/h1-29,31-33H,30H2. The van der Waals surface area contributed by atoms with Crippen LogP contribution in [0.5, 0.6) is 0 Å². The predicted octanol–water partition coefficient (Wildman–Crippen LogP) is 13.9. The third-order valence-corrected chi connectivity index (χ3v) is 11.9. The molecule has 0 saturated carbocycles. The highest BCUT2D eigenvalue weighted by atomic mass is 15.0. The zero-order chi connectivity index (χ0) is 36.0. The molecule has 0 spiro atoms. The van der Waals surface area contributed by atoms with Crippen molar-refractivity contribution >= 4 is 54.4 Å².